The third kappa shape index (κ3) is 15.8. The maximum Gasteiger partial charge on any atom is 0.257 e. The largest absolute Gasteiger partial charge is 0.257 e. The molecule has 2 unspecified atom stereocenters. The van der Waals surface area contributed by atoms with E-state index in [2.05, 4.69) is 56.6 Å². The van der Waals surface area contributed by atoms with Crippen LogP contribution in [0.3, 0.4) is 0 Å². The summed E-state index contributed by atoms with van der Waals surface area (Å²) in [6.07, 6.45) is 35.6. The second-order valence-corrected chi connectivity index (χ2v) is 11.9. The topological polar surface area (TPSA) is 19.7 Å². The minimum Gasteiger partial charge on any atom is -0.247 e. The zero-order chi connectivity index (χ0) is 25.6. The fourth-order valence-corrected chi connectivity index (χ4v) is 5.74. The van der Waals surface area contributed by atoms with Gasteiger partial charge in [0.1, 0.15) is 12.4 Å². The molecule has 1 aromatic heterocycles. The summed E-state index contributed by atoms with van der Waals surface area (Å²) in [7, 11) is 0. The van der Waals surface area contributed by atoms with Gasteiger partial charge in [0.05, 0.1) is 12.0 Å². The predicted octanol–water partition coefficient (Wildman–Crippen LogP) is 11.2. The lowest BCUT2D eigenvalue weighted by Crippen LogP contribution is -2.41. The molecule has 2 heteroatoms. The summed E-state index contributed by atoms with van der Waals surface area (Å²) < 4.78 is 2.58. The van der Waals surface area contributed by atoms with E-state index in [4.69, 9.17) is 0 Å². The Hall–Kier alpha value is -0.790. The zero-order valence-corrected chi connectivity index (χ0v) is 24.9. The first-order valence-electron chi connectivity index (χ1n) is 16.2. The fourth-order valence-electron chi connectivity index (χ4n) is 5.74. The maximum absolute atomic E-state index is 3.66. The van der Waals surface area contributed by atoms with E-state index >= 15 is 0 Å². The van der Waals surface area contributed by atoms with Crippen LogP contribution in [0.1, 0.15) is 194 Å². The fraction of sp³-hybridized carbons (Fsp3) is 0.909. The van der Waals surface area contributed by atoms with Crippen molar-refractivity contribution in [2.45, 2.75) is 188 Å². The number of aromatic amines is 1. The molecule has 0 aliphatic carbocycles. The number of H-pyrrole nitrogens is 1. The number of aromatic nitrogens is 2. The van der Waals surface area contributed by atoms with Crippen molar-refractivity contribution in [2.75, 3.05) is 0 Å². The minimum atomic E-state index is 0.610. The van der Waals surface area contributed by atoms with Crippen molar-refractivity contribution in [3.8, 4) is 0 Å². The number of nitrogens with zero attached hydrogens (tertiary/aromatic N) is 1. The van der Waals surface area contributed by atoms with Gasteiger partial charge in [-0.1, -0.05) is 150 Å². The number of rotatable bonds is 25. The second-order valence-electron chi connectivity index (χ2n) is 11.9. The lowest BCUT2D eigenvalue weighted by molar-refractivity contribution is -0.727. The van der Waals surface area contributed by atoms with Crippen LogP contribution in [-0.2, 0) is 0 Å². The van der Waals surface area contributed by atoms with E-state index < -0.39 is 0 Å². The molecule has 0 amide bonds. The van der Waals surface area contributed by atoms with Crippen LogP contribution in [0.5, 0.6) is 0 Å². The van der Waals surface area contributed by atoms with Gasteiger partial charge in [-0.25, -0.2) is 9.55 Å². The van der Waals surface area contributed by atoms with E-state index in [0.29, 0.717) is 17.9 Å². The second kappa shape index (κ2) is 22.4. The number of nitrogens with one attached hydrogen (secondary N) is 1. The van der Waals surface area contributed by atoms with Crippen LogP contribution in [0.4, 0.5) is 0 Å². The molecule has 0 aliphatic heterocycles. The van der Waals surface area contributed by atoms with E-state index in [1.165, 1.54) is 147 Å². The quantitative estimate of drug-likeness (QED) is 0.104. The van der Waals surface area contributed by atoms with Gasteiger partial charge in [0.2, 0.25) is 0 Å². The lowest BCUT2D eigenvalue weighted by atomic mass is 9.89. The molecule has 0 spiro atoms. The zero-order valence-electron chi connectivity index (χ0n) is 24.9. The van der Waals surface area contributed by atoms with Crippen LogP contribution >= 0.6 is 0 Å². The molecule has 1 rings (SSSR count). The molecule has 0 fully saturated rings. The van der Waals surface area contributed by atoms with Crippen molar-refractivity contribution in [1.29, 1.82) is 0 Å². The molecule has 1 heterocycles. The summed E-state index contributed by atoms with van der Waals surface area (Å²) in [5.74, 6) is 2.84. The Kier molecular flexibility index (Phi) is 20.6. The third-order valence-electron chi connectivity index (χ3n) is 8.22. The van der Waals surface area contributed by atoms with Gasteiger partial charge in [0.25, 0.3) is 5.82 Å². The van der Waals surface area contributed by atoms with Crippen LogP contribution in [0.25, 0.3) is 0 Å². The van der Waals surface area contributed by atoms with Gasteiger partial charge in [0, 0.05) is 0 Å². The van der Waals surface area contributed by atoms with Crippen molar-refractivity contribution in [3.05, 3.63) is 18.2 Å². The Balaban J connectivity index is 2.25. The Morgan fingerprint density at radius 1 is 0.571 bits per heavy atom. The molecule has 35 heavy (non-hydrogen) atoms. The highest BCUT2D eigenvalue weighted by Crippen LogP contribution is 2.28. The molecule has 0 aromatic carbocycles. The first kappa shape index (κ1) is 32.2. The van der Waals surface area contributed by atoms with Crippen LogP contribution in [0.2, 0.25) is 0 Å². The summed E-state index contributed by atoms with van der Waals surface area (Å²) in [6.45, 7) is 11.9. The summed E-state index contributed by atoms with van der Waals surface area (Å²) in [6, 6.07) is 0.610. The monoisotopic (exact) mass is 490 g/mol. The molecular weight excluding hydrogens is 424 g/mol. The van der Waals surface area contributed by atoms with Crippen molar-refractivity contribution in [1.82, 2.24) is 4.98 Å². The number of hydrogen-bond acceptors (Lipinski definition) is 0. The minimum absolute atomic E-state index is 0.610. The molecule has 0 radical (unpaired) electrons. The van der Waals surface area contributed by atoms with E-state index in [0.717, 1.165) is 0 Å². The molecule has 0 saturated carbocycles. The first-order chi connectivity index (χ1) is 17.1. The van der Waals surface area contributed by atoms with Gasteiger partial charge in [0.15, 0.2) is 0 Å². The maximum atomic E-state index is 3.66. The smallest absolute Gasteiger partial charge is 0.247 e. The van der Waals surface area contributed by atoms with E-state index in [-0.39, 0.29) is 0 Å². The average molecular weight is 490 g/mol. The molecule has 0 saturated heterocycles. The average Bonchev–Trinajstić information content (AvgIpc) is 3.33. The standard InChI is InChI=1S/C33H64N2/c1-6-8-10-12-14-16-18-20-22-24-26-31(5)35-29-28-34-33(35)32(30(3)4)27-25-23-21-19-17-15-13-11-9-7-2/h28-32H,6-27H2,1-5H3/p+1. The van der Waals surface area contributed by atoms with Crippen molar-refractivity contribution >= 4 is 0 Å². The predicted molar refractivity (Wildman–Crippen MR) is 156 cm³/mol. The molecule has 206 valence electrons. The molecule has 2 atom stereocenters. The number of hydrogen-bond donors (Lipinski definition) is 1. The highest BCUT2D eigenvalue weighted by molar-refractivity contribution is 4.92. The van der Waals surface area contributed by atoms with Gasteiger partial charge in [-0.15, -0.1) is 0 Å². The highest BCUT2D eigenvalue weighted by Gasteiger charge is 2.27. The molecule has 0 aliphatic rings. The van der Waals surface area contributed by atoms with Crippen molar-refractivity contribution < 1.29 is 4.57 Å². The van der Waals surface area contributed by atoms with E-state index in [9.17, 15) is 0 Å². The Morgan fingerprint density at radius 2 is 0.971 bits per heavy atom. The van der Waals surface area contributed by atoms with Gasteiger partial charge >= 0.3 is 0 Å². The van der Waals surface area contributed by atoms with Gasteiger partial charge in [-0.2, -0.15) is 0 Å². The molecular formula is C33H65N2+. The SMILES string of the molecule is CCCCCCCCCCCCC(c1[nH]cc[n+]1C(C)CCCCCCCCCCCC)C(C)C. The first-order valence-corrected chi connectivity index (χ1v) is 16.2. The van der Waals surface area contributed by atoms with Crippen LogP contribution < -0.4 is 4.57 Å². The lowest BCUT2D eigenvalue weighted by Gasteiger charge is -2.20. The van der Waals surface area contributed by atoms with Crippen LogP contribution in [0.15, 0.2) is 12.4 Å². The highest BCUT2D eigenvalue weighted by atomic mass is 15.1. The number of imidazole rings is 1. The molecule has 1 aromatic rings. The molecule has 0 bridgehead atoms. The number of unbranched alkanes of at least 4 members (excludes halogenated alkanes) is 18. The summed E-state index contributed by atoms with van der Waals surface area (Å²) in [5, 5.41) is 0. The summed E-state index contributed by atoms with van der Waals surface area (Å²) >= 11 is 0. The van der Waals surface area contributed by atoms with Crippen LogP contribution in [0, 0.1) is 5.92 Å². The Morgan fingerprint density at radius 3 is 1.40 bits per heavy atom. The van der Waals surface area contributed by atoms with Gasteiger partial charge in [-0.3, -0.25) is 0 Å². The molecule has 1 N–H and O–H groups in total. The van der Waals surface area contributed by atoms with Gasteiger partial charge < -0.3 is 0 Å². The third-order valence-corrected chi connectivity index (χ3v) is 8.22. The van der Waals surface area contributed by atoms with Crippen LogP contribution in [-0.4, -0.2) is 4.98 Å². The normalized spacial score (nSPS) is 13.5. The Bertz CT molecular complexity index is 561. The Labute approximate surface area is 221 Å². The van der Waals surface area contributed by atoms with Gasteiger partial charge in [-0.05, 0) is 32.1 Å². The molecule has 2 nitrogen and oxygen atoms in total. The van der Waals surface area contributed by atoms with Crippen molar-refractivity contribution in [2.24, 2.45) is 5.92 Å². The van der Waals surface area contributed by atoms with Crippen molar-refractivity contribution in [3.63, 3.8) is 0 Å². The summed E-state index contributed by atoms with van der Waals surface area (Å²) in [5.41, 5.74) is 0. The van der Waals surface area contributed by atoms with E-state index in [1.807, 2.05) is 0 Å². The van der Waals surface area contributed by atoms with E-state index in [1.54, 1.807) is 0 Å². The summed E-state index contributed by atoms with van der Waals surface area (Å²) in [4.78, 5) is 3.66.